The Morgan fingerprint density at radius 3 is 2.30 bits per heavy atom. The number of ether oxygens (including phenoxy) is 2. The second-order valence-electron chi connectivity index (χ2n) is 5.30. The first kappa shape index (κ1) is 17.3. The fourth-order valence-electron chi connectivity index (χ4n) is 2.64. The lowest BCUT2D eigenvalue weighted by molar-refractivity contribution is 0.285. The molecule has 0 saturated heterocycles. The maximum Gasteiger partial charge on any atom is 0.164 e. The van der Waals surface area contributed by atoms with Crippen molar-refractivity contribution >= 4 is 0 Å². The van der Waals surface area contributed by atoms with Crippen LogP contribution in [0.4, 0.5) is 4.39 Å². The summed E-state index contributed by atoms with van der Waals surface area (Å²) >= 11 is 0. The Kier molecular flexibility index (Phi) is 6.41. The van der Waals surface area contributed by atoms with Crippen molar-refractivity contribution in [2.24, 2.45) is 5.73 Å². The Labute approximate surface area is 137 Å². The van der Waals surface area contributed by atoms with Crippen LogP contribution in [0.2, 0.25) is 0 Å². The summed E-state index contributed by atoms with van der Waals surface area (Å²) in [6, 6.07) is 12.4. The summed E-state index contributed by atoms with van der Waals surface area (Å²) in [5.41, 5.74) is 8.03. The van der Waals surface area contributed by atoms with Crippen molar-refractivity contribution in [3.05, 3.63) is 59.4 Å². The predicted molar refractivity (Wildman–Crippen MR) is 90.7 cm³/mol. The van der Waals surface area contributed by atoms with Crippen LogP contribution in [0.25, 0.3) is 0 Å². The number of para-hydroxylation sites is 1. The number of hydrogen-bond donors (Lipinski definition) is 1. The maximum atomic E-state index is 13.1. The topological polar surface area (TPSA) is 44.5 Å². The summed E-state index contributed by atoms with van der Waals surface area (Å²) in [6.07, 6.45) is 0.721. The SMILES string of the molecule is CCOc1cccc(CC(CN)c2ccc(F)cc2)c1OCC. The van der Waals surface area contributed by atoms with Crippen molar-refractivity contribution in [1.29, 1.82) is 0 Å². The van der Waals surface area contributed by atoms with Gasteiger partial charge in [0.25, 0.3) is 0 Å². The Balaban J connectivity index is 2.29. The number of rotatable bonds is 8. The lowest BCUT2D eigenvalue weighted by Crippen LogP contribution is -2.16. The van der Waals surface area contributed by atoms with E-state index >= 15 is 0 Å². The van der Waals surface area contributed by atoms with Gasteiger partial charge < -0.3 is 15.2 Å². The van der Waals surface area contributed by atoms with Gasteiger partial charge in [-0.05, 0) is 56.1 Å². The van der Waals surface area contributed by atoms with E-state index in [1.165, 1.54) is 12.1 Å². The lowest BCUT2D eigenvalue weighted by Gasteiger charge is -2.19. The number of hydrogen-bond acceptors (Lipinski definition) is 3. The third kappa shape index (κ3) is 4.45. The Bertz CT molecular complexity index is 613. The maximum absolute atomic E-state index is 13.1. The largest absolute Gasteiger partial charge is 0.490 e. The van der Waals surface area contributed by atoms with Crippen molar-refractivity contribution in [1.82, 2.24) is 0 Å². The van der Waals surface area contributed by atoms with Gasteiger partial charge in [-0.1, -0.05) is 24.3 Å². The molecule has 0 aliphatic heterocycles. The van der Waals surface area contributed by atoms with E-state index in [4.69, 9.17) is 15.2 Å². The molecule has 0 aliphatic carbocycles. The van der Waals surface area contributed by atoms with Crippen LogP contribution in [0.1, 0.15) is 30.9 Å². The van der Waals surface area contributed by atoms with E-state index in [0.717, 1.165) is 29.0 Å². The zero-order valence-electron chi connectivity index (χ0n) is 13.7. The standard InChI is InChI=1S/C19H24FNO2/c1-3-22-18-7-5-6-15(19(18)23-4-2)12-16(13-21)14-8-10-17(20)11-9-14/h5-11,16H,3-4,12-13,21H2,1-2H3. The van der Waals surface area contributed by atoms with E-state index in [1.807, 2.05) is 32.0 Å². The number of benzene rings is 2. The van der Waals surface area contributed by atoms with Gasteiger partial charge in [0.15, 0.2) is 11.5 Å². The number of halogens is 1. The molecule has 1 atom stereocenters. The summed E-state index contributed by atoms with van der Waals surface area (Å²) in [6.45, 7) is 5.54. The number of nitrogens with two attached hydrogens (primary N) is 1. The van der Waals surface area contributed by atoms with Gasteiger partial charge >= 0.3 is 0 Å². The molecule has 0 aromatic heterocycles. The van der Waals surface area contributed by atoms with Crippen LogP contribution in [0.5, 0.6) is 11.5 Å². The molecule has 3 nitrogen and oxygen atoms in total. The van der Waals surface area contributed by atoms with Crippen LogP contribution in [0.15, 0.2) is 42.5 Å². The minimum Gasteiger partial charge on any atom is -0.490 e. The first-order chi connectivity index (χ1) is 11.2. The van der Waals surface area contributed by atoms with Crippen LogP contribution < -0.4 is 15.2 Å². The normalized spacial score (nSPS) is 12.0. The summed E-state index contributed by atoms with van der Waals surface area (Å²) < 4.78 is 24.6. The van der Waals surface area contributed by atoms with Crippen molar-refractivity contribution in [3.63, 3.8) is 0 Å². The van der Waals surface area contributed by atoms with Gasteiger partial charge in [-0.25, -0.2) is 4.39 Å². The van der Waals surface area contributed by atoms with Gasteiger partial charge in [0, 0.05) is 5.92 Å². The fourth-order valence-corrected chi connectivity index (χ4v) is 2.64. The average molecular weight is 317 g/mol. The first-order valence-corrected chi connectivity index (χ1v) is 8.02. The van der Waals surface area contributed by atoms with E-state index in [1.54, 1.807) is 12.1 Å². The second kappa shape index (κ2) is 8.53. The molecular weight excluding hydrogens is 293 g/mol. The zero-order chi connectivity index (χ0) is 16.7. The van der Waals surface area contributed by atoms with E-state index in [0.29, 0.717) is 19.8 Å². The van der Waals surface area contributed by atoms with Crippen LogP contribution in [-0.4, -0.2) is 19.8 Å². The molecule has 0 fully saturated rings. The van der Waals surface area contributed by atoms with Crippen molar-refractivity contribution in [2.45, 2.75) is 26.2 Å². The zero-order valence-corrected chi connectivity index (χ0v) is 13.7. The Morgan fingerprint density at radius 1 is 1.00 bits per heavy atom. The quantitative estimate of drug-likeness (QED) is 0.803. The van der Waals surface area contributed by atoms with Gasteiger partial charge in [0.05, 0.1) is 13.2 Å². The first-order valence-electron chi connectivity index (χ1n) is 8.02. The fraction of sp³-hybridized carbons (Fsp3) is 0.368. The Hall–Kier alpha value is -2.07. The van der Waals surface area contributed by atoms with Crippen molar-refractivity contribution in [3.8, 4) is 11.5 Å². The van der Waals surface area contributed by atoms with E-state index in [9.17, 15) is 4.39 Å². The summed E-state index contributed by atoms with van der Waals surface area (Å²) in [5.74, 6) is 1.39. The molecule has 2 aromatic rings. The summed E-state index contributed by atoms with van der Waals surface area (Å²) in [7, 11) is 0. The highest BCUT2D eigenvalue weighted by molar-refractivity contribution is 5.47. The van der Waals surface area contributed by atoms with Gasteiger partial charge in [-0.2, -0.15) is 0 Å². The molecular formula is C19H24FNO2. The highest BCUT2D eigenvalue weighted by Crippen LogP contribution is 2.34. The summed E-state index contributed by atoms with van der Waals surface area (Å²) in [5, 5.41) is 0. The summed E-state index contributed by atoms with van der Waals surface area (Å²) in [4.78, 5) is 0. The minimum absolute atomic E-state index is 0.103. The predicted octanol–water partition coefficient (Wildman–Crippen LogP) is 3.91. The highest BCUT2D eigenvalue weighted by atomic mass is 19.1. The van der Waals surface area contributed by atoms with Crippen LogP contribution in [-0.2, 0) is 6.42 Å². The highest BCUT2D eigenvalue weighted by Gasteiger charge is 2.17. The van der Waals surface area contributed by atoms with Crippen LogP contribution in [0.3, 0.4) is 0 Å². The molecule has 0 saturated carbocycles. The third-order valence-electron chi connectivity index (χ3n) is 3.74. The van der Waals surface area contributed by atoms with E-state index in [-0.39, 0.29) is 11.7 Å². The molecule has 0 radical (unpaired) electrons. The molecule has 4 heteroatoms. The Morgan fingerprint density at radius 2 is 1.70 bits per heavy atom. The van der Waals surface area contributed by atoms with Crippen molar-refractivity contribution < 1.29 is 13.9 Å². The minimum atomic E-state index is -0.238. The molecule has 0 aliphatic rings. The molecule has 0 heterocycles. The third-order valence-corrected chi connectivity index (χ3v) is 3.74. The molecule has 0 bridgehead atoms. The van der Waals surface area contributed by atoms with Gasteiger partial charge in [-0.3, -0.25) is 0 Å². The molecule has 0 spiro atoms. The smallest absolute Gasteiger partial charge is 0.164 e. The lowest BCUT2D eigenvalue weighted by atomic mass is 9.91. The molecule has 2 aromatic carbocycles. The van der Waals surface area contributed by atoms with Crippen LogP contribution in [0, 0.1) is 5.82 Å². The molecule has 1 unspecified atom stereocenters. The van der Waals surface area contributed by atoms with E-state index in [2.05, 4.69) is 0 Å². The van der Waals surface area contributed by atoms with Gasteiger partial charge in [-0.15, -0.1) is 0 Å². The second-order valence-corrected chi connectivity index (χ2v) is 5.30. The monoisotopic (exact) mass is 317 g/mol. The van der Waals surface area contributed by atoms with Gasteiger partial charge in [0.2, 0.25) is 0 Å². The van der Waals surface area contributed by atoms with Gasteiger partial charge in [0.1, 0.15) is 5.82 Å². The molecule has 2 N–H and O–H groups in total. The average Bonchev–Trinajstić information content (AvgIpc) is 2.56. The molecule has 2 rings (SSSR count). The van der Waals surface area contributed by atoms with Crippen molar-refractivity contribution in [2.75, 3.05) is 19.8 Å². The molecule has 23 heavy (non-hydrogen) atoms. The molecule has 0 amide bonds. The van der Waals surface area contributed by atoms with E-state index < -0.39 is 0 Å². The van der Waals surface area contributed by atoms with Crippen LogP contribution >= 0.6 is 0 Å². The molecule has 124 valence electrons.